The Bertz CT molecular complexity index is 823. The van der Waals surface area contributed by atoms with Gasteiger partial charge in [-0.15, -0.1) is 0 Å². The minimum absolute atomic E-state index is 0.000758. The van der Waals surface area contributed by atoms with Gasteiger partial charge in [-0.25, -0.2) is 22.5 Å². The van der Waals surface area contributed by atoms with Crippen LogP contribution in [0.2, 0.25) is 0 Å². The van der Waals surface area contributed by atoms with Gasteiger partial charge < -0.3 is 5.11 Å². The summed E-state index contributed by atoms with van der Waals surface area (Å²) in [5.74, 6) is -0.934. The van der Waals surface area contributed by atoms with Crippen LogP contribution in [0.3, 0.4) is 0 Å². The molecule has 0 aromatic carbocycles. The van der Waals surface area contributed by atoms with Gasteiger partial charge in [0.1, 0.15) is 10.7 Å². The van der Waals surface area contributed by atoms with Gasteiger partial charge in [0, 0.05) is 17.9 Å². The van der Waals surface area contributed by atoms with Crippen molar-refractivity contribution >= 4 is 21.8 Å². The quantitative estimate of drug-likeness (QED) is 0.878. The molecule has 0 atom stereocenters. The molecule has 0 bridgehead atoms. The topological polar surface area (TPSA) is 116 Å². The third kappa shape index (κ3) is 3.19. The highest BCUT2D eigenvalue weighted by Crippen LogP contribution is 2.31. The van der Waals surface area contributed by atoms with Crippen molar-refractivity contribution in [3.05, 3.63) is 35.8 Å². The molecule has 0 saturated carbocycles. The van der Waals surface area contributed by atoms with Gasteiger partial charge in [-0.05, 0) is 39.3 Å². The molecular formula is C14H18N4O4S. The summed E-state index contributed by atoms with van der Waals surface area (Å²) in [6.45, 7) is 6.82. The number of sulfonamides is 1. The Hall–Kier alpha value is -2.42. The first-order valence-electron chi connectivity index (χ1n) is 6.79. The molecule has 0 saturated heterocycles. The number of aryl methyl sites for hydroxylation is 1. The minimum atomic E-state index is -3.89. The van der Waals surface area contributed by atoms with Crippen molar-refractivity contribution in [3.63, 3.8) is 0 Å². The summed E-state index contributed by atoms with van der Waals surface area (Å²) in [7, 11) is -3.89. The van der Waals surface area contributed by atoms with E-state index >= 15 is 0 Å². The predicted octanol–water partition coefficient (Wildman–Crippen LogP) is 1.81. The maximum Gasteiger partial charge on any atom is 0.337 e. The average Bonchev–Trinajstić information content (AvgIpc) is 2.93. The Morgan fingerprint density at radius 1 is 1.30 bits per heavy atom. The lowest BCUT2D eigenvalue weighted by Gasteiger charge is -2.35. The summed E-state index contributed by atoms with van der Waals surface area (Å²) in [4.78, 5) is 15.1. The molecule has 2 heterocycles. The number of nitrogens with zero attached hydrogens (tertiary/aromatic N) is 3. The first-order chi connectivity index (χ1) is 10.5. The zero-order valence-electron chi connectivity index (χ0n) is 13.2. The van der Waals surface area contributed by atoms with E-state index in [2.05, 4.69) is 15.2 Å². The van der Waals surface area contributed by atoms with Crippen molar-refractivity contribution in [1.29, 1.82) is 0 Å². The second kappa shape index (κ2) is 5.65. The highest BCUT2D eigenvalue weighted by molar-refractivity contribution is 7.92. The van der Waals surface area contributed by atoms with Crippen molar-refractivity contribution in [1.82, 2.24) is 15.2 Å². The fourth-order valence-electron chi connectivity index (χ4n) is 2.17. The average molecular weight is 338 g/mol. The molecule has 0 aliphatic rings. The Kier molecular flexibility index (Phi) is 4.16. The number of aromatic carboxylic acids is 1. The summed E-state index contributed by atoms with van der Waals surface area (Å²) < 4.78 is 27.0. The summed E-state index contributed by atoms with van der Waals surface area (Å²) >= 11 is 0. The van der Waals surface area contributed by atoms with Gasteiger partial charge in [-0.3, -0.25) is 5.10 Å². The lowest BCUT2D eigenvalue weighted by Crippen LogP contribution is -2.46. The Labute approximate surface area is 134 Å². The molecule has 8 nitrogen and oxygen atoms in total. The first kappa shape index (κ1) is 16.9. The van der Waals surface area contributed by atoms with E-state index in [0.717, 1.165) is 6.20 Å². The van der Waals surface area contributed by atoms with Crippen molar-refractivity contribution < 1.29 is 18.3 Å². The molecule has 0 amide bonds. The monoisotopic (exact) mass is 338 g/mol. The molecule has 0 aliphatic heterocycles. The number of aromatic amines is 1. The van der Waals surface area contributed by atoms with Gasteiger partial charge in [0.2, 0.25) is 0 Å². The summed E-state index contributed by atoms with van der Waals surface area (Å²) in [6, 6.07) is 1.40. The summed E-state index contributed by atoms with van der Waals surface area (Å²) in [6.07, 6.45) is 3.65. The standard InChI is InChI=1S/C14H18N4O4S/c1-9-5-10(13(19)20)6-15-12(9)18(14(2,3)4)23(21,22)11-7-16-17-8-11/h5-8H,1-4H3,(H,16,17)(H,19,20). The van der Waals surface area contributed by atoms with Crippen LogP contribution in [0.25, 0.3) is 0 Å². The number of hydrogen-bond donors (Lipinski definition) is 2. The van der Waals surface area contributed by atoms with Gasteiger partial charge in [0.05, 0.1) is 11.8 Å². The van der Waals surface area contributed by atoms with E-state index in [0.29, 0.717) is 5.56 Å². The van der Waals surface area contributed by atoms with Gasteiger partial charge >= 0.3 is 5.97 Å². The van der Waals surface area contributed by atoms with Crippen LogP contribution in [0, 0.1) is 6.92 Å². The zero-order valence-corrected chi connectivity index (χ0v) is 14.0. The summed E-state index contributed by atoms with van der Waals surface area (Å²) in [5.41, 5.74) is -0.355. The maximum absolute atomic E-state index is 12.9. The molecule has 2 aromatic heterocycles. The third-order valence-corrected chi connectivity index (χ3v) is 5.13. The van der Waals surface area contributed by atoms with Gasteiger partial charge in [-0.2, -0.15) is 5.10 Å². The normalized spacial score (nSPS) is 12.2. The number of aromatic nitrogens is 3. The molecule has 2 N–H and O–H groups in total. The van der Waals surface area contributed by atoms with Crippen LogP contribution in [0.15, 0.2) is 29.6 Å². The number of hydrogen-bond acceptors (Lipinski definition) is 5. The molecule has 9 heteroatoms. The van der Waals surface area contributed by atoms with E-state index in [1.165, 1.54) is 22.8 Å². The Morgan fingerprint density at radius 2 is 1.96 bits per heavy atom. The van der Waals surface area contributed by atoms with Crippen LogP contribution in [-0.4, -0.2) is 40.2 Å². The molecule has 2 aromatic rings. The van der Waals surface area contributed by atoms with Gasteiger partial charge in [0.25, 0.3) is 10.0 Å². The van der Waals surface area contributed by atoms with E-state index in [1.807, 2.05) is 0 Å². The number of nitrogens with one attached hydrogen (secondary N) is 1. The minimum Gasteiger partial charge on any atom is -0.478 e. The van der Waals surface area contributed by atoms with Crippen LogP contribution < -0.4 is 4.31 Å². The van der Waals surface area contributed by atoms with E-state index in [9.17, 15) is 13.2 Å². The smallest absolute Gasteiger partial charge is 0.337 e. The number of rotatable bonds is 4. The fraction of sp³-hybridized carbons (Fsp3) is 0.357. The van der Waals surface area contributed by atoms with Crippen molar-refractivity contribution in [3.8, 4) is 0 Å². The second-order valence-electron chi connectivity index (χ2n) is 6.04. The molecule has 23 heavy (non-hydrogen) atoms. The predicted molar refractivity (Wildman–Crippen MR) is 83.9 cm³/mol. The van der Waals surface area contributed by atoms with Crippen LogP contribution >= 0.6 is 0 Å². The lowest BCUT2D eigenvalue weighted by molar-refractivity contribution is 0.0696. The molecular weight excluding hydrogens is 320 g/mol. The summed E-state index contributed by atoms with van der Waals surface area (Å²) in [5, 5.41) is 15.2. The third-order valence-electron chi connectivity index (χ3n) is 3.11. The number of H-pyrrole nitrogens is 1. The lowest BCUT2D eigenvalue weighted by atomic mass is 10.1. The Balaban J connectivity index is 2.65. The number of carboxylic acid groups (broad SMARTS) is 1. The van der Waals surface area contributed by atoms with Gasteiger partial charge in [-0.1, -0.05) is 0 Å². The molecule has 0 spiro atoms. The van der Waals surface area contributed by atoms with Gasteiger partial charge in [0.15, 0.2) is 0 Å². The van der Waals surface area contributed by atoms with E-state index in [-0.39, 0.29) is 16.3 Å². The zero-order chi connectivity index (χ0) is 17.4. The molecule has 0 fully saturated rings. The molecule has 2 rings (SSSR count). The molecule has 0 aliphatic carbocycles. The Morgan fingerprint density at radius 3 is 2.39 bits per heavy atom. The van der Waals surface area contributed by atoms with Crippen LogP contribution in [0.4, 0.5) is 5.82 Å². The molecule has 124 valence electrons. The van der Waals surface area contributed by atoms with Crippen LogP contribution in [0.5, 0.6) is 0 Å². The SMILES string of the molecule is Cc1cc(C(=O)O)cnc1N(C(C)(C)C)S(=O)(=O)c1cn[nH]c1. The van der Waals surface area contributed by atoms with E-state index in [1.54, 1.807) is 27.7 Å². The fourth-order valence-corrected chi connectivity index (χ4v) is 3.91. The number of anilines is 1. The van der Waals surface area contributed by atoms with Crippen molar-refractivity contribution in [2.45, 2.75) is 38.1 Å². The van der Waals surface area contributed by atoms with Crippen molar-refractivity contribution in [2.24, 2.45) is 0 Å². The number of carbonyl (C=O) groups is 1. The highest BCUT2D eigenvalue weighted by atomic mass is 32.2. The second-order valence-corrected chi connectivity index (χ2v) is 7.83. The van der Waals surface area contributed by atoms with E-state index < -0.39 is 21.5 Å². The molecule has 0 unspecified atom stereocenters. The number of pyridine rings is 1. The van der Waals surface area contributed by atoms with Crippen LogP contribution in [-0.2, 0) is 10.0 Å². The first-order valence-corrected chi connectivity index (χ1v) is 8.23. The molecule has 0 radical (unpaired) electrons. The van der Waals surface area contributed by atoms with E-state index in [4.69, 9.17) is 5.11 Å². The number of carboxylic acids is 1. The van der Waals surface area contributed by atoms with Crippen LogP contribution in [0.1, 0.15) is 36.7 Å². The maximum atomic E-state index is 12.9. The van der Waals surface area contributed by atoms with Crippen molar-refractivity contribution in [2.75, 3.05) is 4.31 Å². The largest absolute Gasteiger partial charge is 0.478 e. The highest BCUT2D eigenvalue weighted by Gasteiger charge is 2.36.